The van der Waals surface area contributed by atoms with Crippen molar-refractivity contribution in [3.05, 3.63) is 0 Å². The van der Waals surface area contributed by atoms with E-state index in [1.807, 2.05) is 4.90 Å². The third-order valence-corrected chi connectivity index (χ3v) is 2.90. The molecule has 2 saturated heterocycles. The Kier molecular flexibility index (Phi) is 2.51. The van der Waals surface area contributed by atoms with Crippen LogP contribution in [0.4, 0.5) is 0 Å². The molecular weight excluding hydrogens is 168 g/mol. The van der Waals surface area contributed by atoms with Crippen LogP contribution in [0.15, 0.2) is 0 Å². The number of hydrogen-bond donors (Lipinski definition) is 1. The fourth-order valence-electron chi connectivity index (χ4n) is 1.89. The van der Waals surface area contributed by atoms with Gasteiger partial charge in [0.25, 0.3) is 0 Å². The number of carbonyl (C=O) groups is 1. The van der Waals surface area contributed by atoms with Crippen LogP contribution in [0.5, 0.6) is 0 Å². The minimum Gasteiger partial charge on any atom is -0.378 e. The summed E-state index contributed by atoms with van der Waals surface area (Å²) in [7, 11) is 1.70. The maximum Gasteiger partial charge on any atom is 0.227 e. The predicted octanol–water partition coefficient (Wildman–Crippen LogP) is -0.547. The molecule has 2 aliphatic rings. The molecule has 2 rings (SSSR count). The minimum atomic E-state index is 0.220. The predicted molar refractivity (Wildman–Crippen MR) is 48.4 cm³/mol. The molecule has 2 heterocycles. The van der Waals surface area contributed by atoms with Gasteiger partial charge in [-0.1, -0.05) is 0 Å². The highest BCUT2D eigenvalue weighted by molar-refractivity contribution is 5.80. The van der Waals surface area contributed by atoms with E-state index in [1.165, 1.54) is 0 Å². The fraction of sp³-hybridized carbons (Fsp3) is 0.889. The molecule has 2 fully saturated rings. The van der Waals surface area contributed by atoms with Gasteiger partial charge in [-0.3, -0.25) is 4.79 Å². The van der Waals surface area contributed by atoms with E-state index in [1.54, 1.807) is 7.11 Å². The number of rotatable bonds is 2. The van der Waals surface area contributed by atoms with Crippen LogP contribution in [0.25, 0.3) is 0 Å². The lowest BCUT2D eigenvalue weighted by molar-refractivity contribution is -0.146. The molecule has 0 saturated carbocycles. The second-order valence-corrected chi connectivity index (χ2v) is 3.79. The first kappa shape index (κ1) is 8.97. The number of ether oxygens (including phenoxy) is 1. The summed E-state index contributed by atoms with van der Waals surface area (Å²) in [6, 6.07) is 0. The molecular formula is C9H16N2O2. The summed E-state index contributed by atoms with van der Waals surface area (Å²) in [6.07, 6.45) is 1.27. The summed E-state index contributed by atoms with van der Waals surface area (Å²) in [5.41, 5.74) is 0. The van der Waals surface area contributed by atoms with Crippen molar-refractivity contribution in [2.24, 2.45) is 5.92 Å². The molecule has 1 amide bonds. The van der Waals surface area contributed by atoms with Gasteiger partial charge in [-0.15, -0.1) is 0 Å². The van der Waals surface area contributed by atoms with Crippen LogP contribution in [0.2, 0.25) is 0 Å². The van der Waals surface area contributed by atoms with Crippen molar-refractivity contribution < 1.29 is 9.53 Å². The molecule has 1 unspecified atom stereocenters. The molecule has 0 bridgehead atoms. The fourth-order valence-corrected chi connectivity index (χ4v) is 1.89. The molecule has 0 spiro atoms. The summed E-state index contributed by atoms with van der Waals surface area (Å²) in [6.45, 7) is 3.41. The van der Waals surface area contributed by atoms with Crippen molar-refractivity contribution >= 4 is 5.91 Å². The highest BCUT2D eigenvalue weighted by Crippen LogP contribution is 2.18. The zero-order chi connectivity index (χ0) is 9.26. The monoisotopic (exact) mass is 184 g/mol. The molecule has 13 heavy (non-hydrogen) atoms. The van der Waals surface area contributed by atoms with Crippen molar-refractivity contribution in [1.82, 2.24) is 10.2 Å². The largest absolute Gasteiger partial charge is 0.378 e. The average Bonchev–Trinajstić information content (AvgIpc) is 2.53. The van der Waals surface area contributed by atoms with E-state index in [0.717, 1.165) is 32.6 Å². The Hall–Kier alpha value is -0.610. The van der Waals surface area contributed by atoms with Crippen LogP contribution in [0.1, 0.15) is 6.42 Å². The summed E-state index contributed by atoms with van der Waals surface area (Å²) in [5.74, 6) is 0.524. The van der Waals surface area contributed by atoms with Gasteiger partial charge in [0.1, 0.15) is 0 Å². The summed E-state index contributed by atoms with van der Waals surface area (Å²) >= 11 is 0. The van der Waals surface area contributed by atoms with Gasteiger partial charge in [0, 0.05) is 26.7 Å². The molecule has 2 aliphatic heterocycles. The molecule has 1 atom stereocenters. The summed E-state index contributed by atoms with van der Waals surface area (Å²) in [5, 5.41) is 3.20. The van der Waals surface area contributed by atoms with E-state index in [-0.39, 0.29) is 12.0 Å². The third kappa shape index (κ3) is 1.69. The van der Waals surface area contributed by atoms with E-state index >= 15 is 0 Å². The van der Waals surface area contributed by atoms with Crippen molar-refractivity contribution in [2.45, 2.75) is 12.5 Å². The number of likely N-dealkylation sites (tertiary alicyclic amines) is 1. The highest BCUT2D eigenvalue weighted by atomic mass is 16.5. The van der Waals surface area contributed by atoms with Crippen LogP contribution in [-0.4, -0.2) is 50.2 Å². The van der Waals surface area contributed by atoms with E-state index in [2.05, 4.69) is 5.32 Å². The van der Waals surface area contributed by atoms with Gasteiger partial charge in [-0.05, 0) is 13.0 Å². The lowest BCUT2D eigenvalue weighted by Crippen LogP contribution is -2.56. The molecule has 1 N–H and O–H groups in total. The van der Waals surface area contributed by atoms with Gasteiger partial charge >= 0.3 is 0 Å². The van der Waals surface area contributed by atoms with Crippen LogP contribution >= 0.6 is 0 Å². The average molecular weight is 184 g/mol. The maximum atomic E-state index is 11.7. The molecule has 4 nitrogen and oxygen atoms in total. The van der Waals surface area contributed by atoms with Crippen molar-refractivity contribution in [1.29, 1.82) is 0 Å². The van der Waals surface area contributed by atoms with E-state index in [0.29, 0.717) is 5.91 Å². The minimum absolute atomic E-state index is 0.220. The van der Waals surface area contributed by atoms with Gasteiger partial charge in [0.15, 0.2) is 0 Å². The summed E-state index contributed by atoms with van der Waals surface area (Å²) < 4.78 is 5.12. The Morgan fingerprint density at radius 3 is 2.85 bits per heavy atom. The molecule has 74 valence electrons. The zero-order valence-electron chi connectivity index (χ0n) is 7.95. The Bertz CT molecular complexity index is 196. The number of carbonyl (C=O) groups excluding carboxylic acids is 1. The highest BCUT2D eigenvalue weighted by Gasteiger charge is 2.35. The van der Waals surface area contributed by atoms with E-state index in [9.17, 15) is 4.79 Å². The normalized spacial score (nSPS) is 29.0. The van der Waals surface area contributed by atoms with Crippen molar-refractivity contribution in [3.8, 4) is 0 Å². The lowest BCUT2D eigenvalue weighted by Gasteiger charge is -2.39. The standard InChI is InChI=1S/C9H16N2O2/c1-13-8-5-11(6-8)9(12)7-2-3-10-4-7/h7-8,10H,2-6H2,1H3. The van der Waals surface area contributed by atoms with Crippen LogP contribution < -0.4 is 5.32 Å². The second kappa shape index (κ2) is 3.64. The van der Waals surface area contributed by atoms with Gasteiger partial charge in [0.05, 0.1) is 12.0 Å². The topological polar surface area (TPSA) is 41.6 Å². The lowest BCUT2D eigenvalue weighted by atomic mass is 10.0. The molecule has 0 aromatic heterocycles. The molecule has 0 aromatic rings. The Balaban J connectivity index is 1.78. The van der Waals surface area contributed by atoms with Crippen LogP contribution in [0.3, 0.4) is 0 Å². The van der Waals surface area contributed by atoms with Gasteiger partial charge in [-0.25, -0.2) is 0 Å². The Morgan fingerprint density at radius 1 is 1.54 bits per heavy atom. The van der Waals surface area contributed by atoms with Crippen molar-refractivity contribution in [2.75, 3.05) is 33.3 Å². The maximum absolute atomic E-state index is 11.7. The first-order chi connectivity index (χ1) is 6.31. The Labute approximate surface area is 78.2 Å². The number of nitrogens with one attached hydrogen (secondary N) is 1. The van der Waals surface area contributed by atoms with Crippen molar-refractivity contribution in [3.63, 3.8) is 0 Å². The Morgan fingerprint density at radius 2 is 2.31 bits per heavy atom. The smallest absolute Gasteiger partial charge is 0.227 e. The summed E-state index contributed by atoms with van der Waals surface area (Å²) in [4.78, 5) is 13.6. The van der Waals surface area contributed by atoms with Gasteiger partial charge in [-0.2, -0.15) is 0 Å². The van der Waals surface area contributed by atoms with E-state index < -0.39 is 0 Å². The molecule has 0 aromatic carbocycles. The number of amides is 1. The third-order valence-electron chi connectivity index (χ3n) is 2.90. The van der Waals surface area contributed by atoms with Crippen LogP contribution in [0, 0.1) is 5.92 Å². The van der Waals surface area contributed by atoms with Gasteiger partial charge in [0.2, 0.25) is 5.91 Å². The first-order valence-corrected chi connectivity index (χ1v) is 4.83. The molecule has 4 heteroatoms. The second-order valence-electron chi connectivity index (χ2n) is 3.79. The van der Waals surface area contributed by atoms with Crippen LogP contribution in [-0.2, 0) is 9.53 Å². The SMILES string of the molecule is COC1CN(C(=O)C2CCNC2)C1. The molecule has 0 radical (unpaired) electrons. The quantitative estimate of drug-likeness (QED) is 0.626. The first-order valence-electron chi connectivity index (χ1n) is 4.83. The zero-order valence-corrected chi connectivity index (χ0v) is 7.95. The number of methoxy groups -OCH3 is 1. The number of hydrogen-bond acceptors (Lipinski definition) is 3. The van der Waals surface area contributed by atoms with Gasteiger partial charge < -0.3 is 15.0 Å². The number of nitrogens with zero attached hydrogens (tertiary/aromatic N) is 1. The van der Waals surface area contributed by atoms with E-state index in [4.69, 9.17) is 4.74 Å². The molecule has 0 aliphatic carbocycles.